The van der Waals surface area contributed by atoms with Gasteiger partial charge < -0.3 is 15.5 Å². The first-order valence-electron chi connectivity index (χ1n) is 3.08. The van der Waals surface area contributed by atoms with E-state index in [0.29, 0.717) is 0 Å². The van der Waals surface area contributed by atoms with E-state index in [9.17, 15) is 9.59 Å². The zero-order chi connectivity index (χ0) is 9.14. The number of hydrazine groups is 1. The van der Waals surface area contributed by atoms with Crippen molar-refractivity contribution in [1.82, 2.24) is 4.98 Å². The lowest BCUT2D eigenvalue weighted by Gasteiger charge is -1.98. The number of pyridine rings is 1. The standard InChI is InChI=1S/C6H7N3O3/c7-9-4-2-1-3(6(11)12)5(10)8-4/h1-2H,7H2,(H,11,12)(H2,8,9,10). The van der Waals surface area contributed by atoms with E-state index in [0.717, 1.165) is 0 Å². The fourth-order valence-electron chi connectivity index (χ4n) is 0.726. The first-order valence-corrected chi connectivity index (χ1v) is 3.08. The van der Waals surface area contributed by atoms with Gasteiger partial charge >= 0.3 is 5.97 Å². The highest BCUT2D eigenvalue weighted by Gasteiger charge is 2.07. The highest BCUT2D eigenvalue weighted by molar-refractivity contribution is 5.87. The largest absolute Gasteiger partial charge is 0.477 e. The van der Waals surface area contributed by atoms with Gasteiger partial charge in [0.2, 0.25) is 0 Å². The van der Waals surface area contributed by atoms with Gasteiger partial charge in [0.25, 0.3) is 5.56 Å². The Balaban J connectivity index is 3.21. The first kappa shape index (κ1) is 8.28. The normalized spacial score (nSPS) is 9.42. The molecule has 0 bridgehead atoms. The molecule has 0 aliphatic carbocycles. The molecule has 0 unspecified atom stereocenters. The van der Waals surface area contributed by atoms with Crippen molar-refractivity contribution < 1.29 is 9.90 Å². The van der Waals surface area contributed by atoms with Gasteiger partial charge in [0, 0.05) is 0 Å². The number of nitrogens with one attached hydrogen (secondary N) is 2. The molecule has 0 atom stereocenters. The minimum absolute atomic E-state index is 0.269. The lowest BCUT2D eigenvalue weighted by Crippen LogP contribution is -2.20. The number of hydrogen-bond acceptors (Lipinski definition) is 4. The van der Waals surface area contributed by atoms with Crippen LogP contribution in [0.4, 0.5) is 5.82 Å². The SMILES string of the molecule is NNc1ccc(C(=O)O)c(=O)[nH]1. The summed E-state index contributed by atoms with van der Waals surface area (Å²) in [5.41, 5.74) is 1.19. The summed E-state index contributed by atoms with van der Waals surface area (Å²) in [6, 6.07) is 2.54. The Labute approximate surface area is 67.0 Å². The van der Waals surface area contributed by atoms with Crippen LogP contribution in [0.2, 0.25) is 0 Å². The number of nitrogen functional groups attached to an aromatic ring is 1. The van der Waals surface area contributed by atoms with Crippen molar-refractivity contribution >= 4 is 11.8 Å². The monoisotopic (exact) mass is 169 g/mol. The molecule has 0 spiro atoms. The highest BCUT2D eigenvalue weighted by atomic mass is 16.4. The number of aromatic nitrogens is 1. The Bertz CT molecular complexity index is 357. The summed E-state index contributed by atoms with van der Waals surface area (Å²) in [5, 5.41) is 8.46. The maximum atomic E-state index is 10.9. The minimum atomic E-state index is -1.26. The molecule has 12 heavy (non-hydrogen) atoms. The van der Waals surface area contributed by atoms with Crippen molar-refractivity contribution in [2.45, 2.75) is 0 Å². The van der Waals surface area contributed by atoms with Crippen molar-refractivity contribution in [1.29, 1.82) is 0 Å². The Morgan fingerprint density at radius 3 is 2.67 bits per heavy atom. The minimum Gasteiger partial charge on any atom is -0.477 e. The average molecular weight is 169 g/mol. The molecule has 0 aromatic carbocycles. The summed E-state index contributed by atoms with van der Waals surface area (Å²) in [7, 11) is 0. The van der Waals surface area contributed by atoms with E-state index in [1.165, 1.54) is 12.1 Å². The van der Waals surface area contributed by atoms with Gasteiger partial charge in [-0.15, -0.1) is 0 Å². The van der Waals surface area contributed by atoms with Gasteiger partial charge in [-0.3, -0.25) is 4.79 Å². The second-order valence-electron chi connectivity index (χ2n) is 2.06. The second kappa shape index (κ2) is 3.05. The van der Waals surface area contributed by atoms with Gasteiger partial charge in [-0.1, -0.05) is 0 Å². The van der Waals surface area contributed by atoms with Gasteiger partial charge in [0.05, 0.1) is 0 Å². The Morgan fingerprint density at radius 1 is 1.58 bits per heavy atom. The first-order chi connectivity index (χ1) is 5.65. The van der Waals surface area contributed by atoms with Crippen LogP contribution in [0.25, 0.3) is 0 Å². The summed E-state index contributed by atoms with van der Waals surface area (Å²) in [6.45, 7) is 0. The lowest BCUT2D eigenvalue weighted by atomic mass is 10.3. The fraction of sp³-hybridized carbons (Fsp3) is 0. The molecule has 0 radical (unpaired) electrons. The maximum absolute atomic E-state index is 10.9. The van der Waals surface area contributed by atoms with Gasteiger partial charge in [-0.05, 0) is 12.1 Å². The molecule has 0 aliphatic rings. The van der Waals surface area contributed by atoms with Crippen LogP contribution in [0.1, 0.15) is 10.4 Å². The summed E-state index contributed by atoms with van der Waals surface area (Å²) < 4.78 is 0. The third-order valence-corrected chi connectivity index (χ3v) is 1.30. The lowest BCUT2D eigenvalue weighted by molar-refractivity contribution is 0.0695. The fourth-order valence-corrected chi connectivity index (χ4v) is 0.726. The maximum Gasteiger partial charge on any atom is 0.341 e. The molecule has 0 fully saturated rings. The van der Waals surface area contributed by atoms with Crippen molar-refractivity contribution in [2.24, 2.45) is 5.84 Å². The number of rotatable bonds is 2. The van der Waals surface area contributed by atoms with Crippen molar-refractivity contribution in [3.05, 3.63) is 28.0 Å². The zero-order valence-electron chi connectivity index (χ0n) is 6.00. The molecule has 1 aromatic rings. The van der Waals surface area contributed by atoms with Crippen LogP contribution in [-0.2, 0) is 0 Å². The van der Waals surface area contributed by atoms with E-state index in [4.69, 9.17) is 10.9 Å². The van der Waals surface area contributed by atoms with Crippen LogP contribution in [0.3, 0.4) is 0 Å². The van der Waals surface area contributed by atoms with E-state index in [1.807, 2.05) is 0 Å². The van der Waals surface area contributed by atoms with E-state index in [1.54, 1.807) is 0 Å². The van der Waals surface area contributed by atoms with Crippen LogP contribution in [-0.4, -0.2) is 16.1 Å². The smallest absolute Gasteiger partial charge is 0.341 e. The van der Waals surface area contributed by atoms with Crippen LogP contribution in [0.5, 0.6) is 0 Å². The molecule has 6 nitrogen and oxygen atoms in total. The summed E-state index contributed by atoms with van der Waals surface area (Å²) >= 11 is 0. The number of H-pyrrole nitrogens is 1. The van der Waals surface area contributed by atoms with Crippen molar-refractivity contribution in [2.75, 3.05) is 5.43 Å². The topological polar surface area (TPSA) is 108 Å². The van der Waals surface area contributed by atoms with Crippen LogP contribution in [0.15, 0.2) is 16.9 Å². The molecule has 6 heteroatoms. The molecule has 64 valence electrons. The number of carboxylic acid groups (broad SMARTS) is 1. The summed E-state index contributed by atoms with van der Waals surface area (Å²) in [5.74, 6) is 3.98. The van der Waals surface area contributed by atoms with Crippen LogP contribution >= 0.6 is 0 Å². The molecule has 5 N–H and O–H groups in total. The summed E-state index contributed by atoms with van der Waals surface area (Å²) in [4.78, 5) is 23.5. The molecule has 1 aromatic heterocycles. The van der Waals surface area contributed by atoms with Gasteiger partial charge in [-0.2, -0.15) is 0 Å². The average Bonchev–Trinajstić information content (AvgIpc) is 2.03. The van der Waals surface area contributed by atoms with Gasteiger partial charge in [0.1, 0.15) is 11.4 Å². The predicted octanol–water partition coefficient (Wildman–Crippen LogP) is -0.641. The Hall–Kier alpha value is -1.82. The third-order valence-electron chi connectivity index (χ3n) is 1.30. The van der Waals surface area contributed by atoms with Gasteiger partial charge in [0.15, 0.2) is 0 Å². The molecule has 1 heterocycles. The van der Waals surface area contributed by atoms with Crippen LogP contribution < -0.4 is 16.8 Å². The van der Waals surface area contributed by atoms with Crippen molar-refractivity contribution in [3.8, 4) is 0 Å². The van der Waals surface area contributed by atoms with Crippen LogP contribution in [0, 0.1) is 0 Å². The summed E-state index contributed by atoms with van der Waals surface area (Å²) in [6.07, 6.45) is 0. The predicted molar refractivity (Wildman–Crippen MR) is 41.8 cm³/mol. The molecule has 1 rings (SSSR count). The number of aromatic amines is 1. The Kier molecular flexibility index (Phi) is 2.11. The third kappa shape index (κ3) is 1.43. The second-order valence-corrected chi connectivity index (χ2v) is 2.06. The van der Waals surface area contributed by atoms with Gasteiger partial charge in [-0.25, -0.2) is 10.6 Å². The van der Waals surface area contributed by atoms with E-state index < -0.39 is 11.5 Å². The quantitative estimate of drug-likeness (QED) is 0.348. The molecule has 0 saturated carbocycles. The molecule has 0 saturated heterocycles. The number of aromatic carboxylic acids is 1. The van der Waals surface area contributed by atoms with E-state index in [2.05, 4.69) is 10.4 Å². The number of anilines is 1. The molecule has 0 aliphatic heterocycles. The van der Waals surface area contributed by atoms with E-state index >= 15 is 0 Å². The number of carboxylic acids is 1. The van der Waals surface area contributed by atoms with Crippen molar-refractivity contribution in [3.63, 3.8) is 0 Å². The Morgan fingerprint density at radius 2 is 2.25 bits per heavy atom. The number of nitrogens with two attached hydrogens (primary N) is 1. The number of carbonyl (C=O) groups is 1. The molecule has 0 amide bonds. The highest BCUT2D eigenvalue weighted by Crippen LogP contribution is 1.97. The zero-order valence-corrected chi connectivity index (χ0v) is 6.00. The molecular weight excluding hydrogens is 162 g/mol. The number of hydrogen-bond donors (Lipinski definition) is 4. The molecular formula is C6H7N3O3. The van der Waals surface area contributed by atoms with E-state index in [-0.39, 0.29) is 11.4 Å².